The zero-order valence-electron chi connectivity index (χ0n) is 11.9. The largest absolute Gasteiger partial charge is 0.476 e. The van der Waals surface area contributed by atoms with Crippen LogP contribution in [0.1, 0.15) is 12.8 Å². The predicted molar refractivity (Wildman–Crippen MR) is 85.2 cm³/mol. The topological polar surface area (TPSA) is 77.2 Å². The summed E-state index contributed by atoms with van der Waals surface area (Å²) in [5, 5.41) is 9.95. The summed E-state index contributed by atoms with van der Waals surface area (Å²) in [7, 11) is 3.89. The van der Waals surface area contributed by atoms with E-state index < -0.39 is 0 Å². The Morgan fingerprint density at radius 3 is 2.86 bits per heavy atom. The summed E-state index contributed by atoms with van der Waals surface area (Å²) in [6.07, 6.45) is 2.49. The molecular weight excluding hydrogens is 306 g/mol. The standard InChI is InChI=1S/C13H17N5OS2/c1-18(2)12-16-17-13(21-12)20-10-6-5-9(14)11(15-10)19-7-8-3-4-8/h5-6,8H,3-4,7,14H2,1-2H3. The van der Waals surface area contributed by atoms with Gasteiger partial charge in [-0.15, -0.1) is 10.2 Å². The van der Waals surface area contributed by atoms with Crippen molar-refractivity contribution in [2.75, 3.05) is 31.3 Å². The third-order valence-electron chi connectivity index (χ3n) is 2.99. The van der Waals surface area contributed by atoms with E-state index in [1.54, 1.807) is 0 Å². The summed E-state index contributed by atoms with van der Waals surface area (Å²) >= 11 is 3.00. The molecule has 2 heterocycles. The number of pyridine rings is 1. The summed E-state index contributed by atoms with van der Waals surface area (Å²) in [4.78, 5) is 6.40. The van der Waals surface area contributed by atoms with E-state index in [2.05, 4.69) is 15.2 Å². The van der Waals surface area contributed by atoms with Crippen LogP contribution in [0.15, 0.2) is 21.5 Å². The van der Waals surface area contributed by atoms with Gasteiger partial charge in [-0.1, -0.05) is 11.3 Å². The van der Waals surface area contributed by atoms with E-state index in [0.717, 1.165) is 14.5 Å². The van der Waals surface area contributed by atoms with Crippen LogP contribution in [0.5, 0.6) is 5.88 Å². The first kappa shape index (κ1) is 14.4. The molecule has 0 amide bonds. The lowest BCUT2D eigenvalue weighted by atomic mass is 10.4. The average Bonchev–Trinajstić information content (AvgIpc) is 3.17. The van der Waals surface area contributed by atoms with Gasteiger partial charge in [-0.25, -0.2) is 4.98 Å². The Morgan fingerprint density at radius 1 is 1.38 bits per heavy atom. The molecule has 2 aromatic rings. The smallest absolute Gasteiger partial charge is 0.238 e. The van der Waals surface area contributed by atoms with Crippen molar-refractivity contribution in [2.24, 2.45) is 5.92 Å². The molecule has 3 rings (SSSR count). The minimum absolute atomic E-state index is 0.518. The van der Waals surface area contributed by atoms with Gasteiger partial charge in [0.1, 0.15) is 5.03 Å². The van der Waals surface area contributed by atoms with E-state index in [1.165, 1.54) is 35.9 Å². The maximum Gasteiger partial charge on any atom is 0.238 e. The molecule has 21 heavy (non-hydrogen) atoms. The van der Waals surface area contributed by atoms with E-state index in [9.17, 15) is 0 Å². The molecule has 0 bridgehead atoms. The fourth-order valence-corrected chi connectivity index (χ4v) is 3.28. The quantitative estimate of drug-likeness (QED) is 0.875. The van der Waals surface area contributed by atoms with Crippen molar-refractivity contribution < 1.29 is 4.74 Å². The molecule has 1 aliphatic rings. The van der Waals surface area contributed by atoms with Gasteiger partial charge in [0, 0.05) is 14.1 Å². The van der Waals surface area contributed by atoms with Gasteiger partial charge >= 0.3 is 0 Å². The molecule has 2 aromatic heterocycles. The molecule has 8 heteroatoms. The molecule has 0 atom stereocenters. The Morgan fingerprint density at radius 2 is 2.19 bits per heavy atom. The van der Waals surface area contributed by atoms with Crippen LogP contribution < -0.4 is 15.4 Å². The summed E-state index contributed by atoms with van der Waals surface area (Å²) in [6, 6.07) is 3.70. The van der Waals surface area contributed by atoms with Crippen molar-refractivity contribution in [1.82, 2.24) is 15.2 Å². The molecule has 1 fully saturated rings. The van der Waals surface area contributed by atoms with Gasteiger partial charge < -0.3 is 15.4 Å². The first-order chi connectivity index (χ1) is 10.1. The lowest BCUT2D eigenvalue weighted by Gasteiger charge is -2.08. The van der Waals surface area contributed by atoms with Gasteiger partial charge in [-0.3, -0.25) is 0 Å². The van der Waals surface area contributed by atoms with Crippen LogP contribution in [0.2, 0.25) is 0 Å². The van der Waals surface area contributed by atoms with Crippen molar-refractivity contribution in [3.05, 3.63) is 12.1 Å². The molecule has 0 aromatic carbocycles. The van der Waals surface area contributed by atoms with E-state index in [-0.39, 0.29) is 0 Å². The first-order valence-corrected chi connectivity index (χ1v) is 8.33. The van der Waals surface area contributed by atoms with Crippen molar-refractivity contribution in [3.8, 4) is 5.88 Å². The number of rotatable bonds is 6. The first-order valence-electron chi connectivity index (χ1n) is 6.70. The number of hydrogen-bond acceptors (Lipinski definition) is 8. The maximum atomic E-state index is 5.90. The van der Waals surface area contributed by atoms with Gasteiger partial charge in [-0.05, 0) is 42.7 Å². The molecule has 6 nitrogen and oxygen atoms in total. The Balaban J connectivity index is 1.70. The molecule has 2 N–H and O–H groups in total. The average molecular weight is 323 g/mol. The second-order valence-corrected chi connectivity index (χ2v) is 7.37. The number of anilines is 2. The molecule has 0 unspecified atom stereocenters. The molecule has 1 aliphatic carbocycles. The minimum atomic E-state index is 0.518. The Kier molecular flexibility index (Phi) is 4.16. The van der Waals surface area contributed by atoms with E-state index in [4.69, 9.17) is 10.5 Å². The minimum Gasteiger partial charge on any atom is -0.476 e. The van der Waals surface area contributed by atoms with Gasteiger partial charge in [0.15, 0.2) is 4.34 Å². The zero-order valence-corrected chi connectivity index (χ0v) is 13.6. The second kappa shape index (κ2) is 6.07. The number of nitrogen functional groups attached to an aromatic ring is 1. The van der Waals surface area contributed by atoms with Crippen LogP contribution in [-0.4, -0.2) is 35.9 Å². The number of hydrogen-bond donors (Lipinski definition) is 1. The highest BCUT2D eigenvalue weighted by Gasteiger charge is 2.22. The fraction of sp³-hybridized carbons (Fsp3) is 0.462. The molecule has 0 radical (unpaired) electrons. The summed E-state index contributed by atoms with van der Waals surface area (Å²) < 4.78 is 6.54. The van der Waals surface area contributed by atoms with Gasteiger partial charge in [0.05, 0.1) is 12.3 Å². The molecule has 1 saturated carbocycles. The van der Waals surface area contributed by atoms with Gasteiger partial charge in [0.2, 0.25) is 11.0 Å². The predicted octanol–water partition coefficient (Wildman–Crippen LogP) is 2.52. The van der Waals surface area contributed by atoms with Crippen molar-refractivity contribution in [3.63, 3.8) is 0 Å². The monoisotopic (exact) mass is 323 g/mol. The highest BCUT2D eigenvalue weighted by molar-refractivity contribution is 8.01. The third-order valence-corrected chi connectivity index (χ3v) is 5.07. The SMILES string of the molecule is CN(C)c1nnc(Sc2ccc(N)c(OCC3CC3)n2)s1. The van der Waals surface area contributed by atoms with Gasteiger partial charge in [0.25, 0.3) is 0 Å². The van der Waals surface area contributed by atoms with Crippen LogP contribution in [0.3, 0.4) is 0 Å². The molecule has 0 saturated heterocycles. The third kappa shape index (κ3) is 3.76. The van der Waals surface area contributed by atoms with Crippen LogP contribution in [0.25, 0.3) is 0 Å². The van der Waals surface area contributed by atoms with Gasteiger partial charge in [-0.2, -0.15) is 0 Å². The number of nitrogens with zero attached hydrogens (tertiary/aromatic N) is 4. The Hall–Kier alpha value is -1.54. The highest BCUT2D eigenvalue weighted by atomic mass is 32.2. The lowest BCUT2D eigenvalue weighted by molar-refractivity contribution is 0.288. The van der Waals surface area contributed by atoms with Crippen LogP contribution in [0.4, 0.5) is 10.8 Å². The van der Waals surface area contributed by atoms with Crippen molar-refractivity contribution >= 4 is 33.9 Å². The molecule has 0 spiro atoms. The summed E-state index contributed by atoms with van der Waals surface area (Å²) in [5.41, 5.74) is 6.48. The number of aromatic nitrogens is 3. The Bertz CT molecular complexity index is 627. The van der Waals surface area contributed by atoms with Crippen LogP contribution >= 0.6 is 23.1 Å². The summed E-state index contributed by atoms with van der Waals surface area (Å²) in [5.74, 6) is 1.19. The fourth-order valence-electron chi connectivity index (χ4n) is 1.60. The van der Waals surface area contributed by atoms with Crippen LogP contribution in [-0.2, 0) is 0 Å². The van der Waals surface area contributed by atoms with Crippen LogP contribution in [0, 0.1) is 5.92 Å². The van der Waals surface area contributed by atoms with Crippen molar-refractivity contribution in [1.29, 1.82) is 0 Å². The molecule has 112 valence electrons. The van der Waals surface area contributed by atoms with E-state index in [1.807, 2.05) is 31.1 Å². The second-order valence-electron chi connectivity index (χ2n) is 5.15. The lowest BCUT2D eigenvalue weighted by Crippen LogP contribution is -2.07. The highest BCUT2D eigenvalue weighted by Crippen LogP contribution is 2.34. The Labute approximate surface area is 131 Å². The zero-order chi connectivity index (χ0) is 14.8. The molecular formula is C13H17N5OS2. The molecule has 0 aliphatic heterocycles. The maximum absolute atomic E-state index is 5.90. The van der Waals surface area contributed by atoms with E-state index >= 15 is 0 Å². The van der Waals surface area contributed by atoms with Crippen molar-refractivity contribution in [2.45, 2.75) is 22.2 Å². The number of ether oxygens (including phenoxy) is 1. The normalized spacial score (nSPS) is 14.2. The number of nitrogens with two attached hydrogens (primary N) is 1. The summed E-state index contributed by atoms with van der Waals surface area (Å²) in [6.45, 7) is 0.703. The van der Waals surface area contributed by atoms with E-state index in [0.29, 0.717) is 24.1 Å².